The summed E-state index contributed by atoms with van der Waals surface area (Å²) in [5.41, 5.74) is 1.13. The molecule has 220 valence electrons. The van der Waals surface area contributed by atoms with E-state index in [2.05, 4.69) is 10.6 Å². The van der Waals surface area contributed by atoms with E-state index in [0.29, 0.717) is 12.0 Å². The van der Waals surface area contributed by atoms with Gasteiger partial charge >= 0.3 is 6.09 Å². The van der Waals surface area contributed by atoms with E-state index in [0.717, 1.165) is 11.6 Å². The number of carboxylic acid groups (broad SMARTS) is 1. The van der Waals surface area contributed by atoms with Gasteiger partial charge in [0.25, 0.3) is 5.91 Å². The summed E-state index contributed by atoms with van der Waals surface area (Å²) in [6.45, 7) is 9.17. The lowest BCUT2D eigenvalue weighted by molar-refractivity contribution is -0.120. The SMILES string of the molecule is CO[C@H]1[C@@H](OC)C[C@H](C)[C@@H](OC)C2=CC(=O)C=C(NC(=O)/C(C)=C/C=C\[C@@H](C)[C@@H](NC(=O)O)/C(C)=C/[C@@H]1C)C2=O. The van der Waals surface area contributed by atoms with Gasteiger partial charge in [0.1, 0.15) is 0 Å². The van der Waals surface area contributed by atoms with E-state index >= 15 is 0 Å². The third-order valence-corrected chi connectivity index (χ3v) is 7.42. The first-order valence-electron chi connectivity index (χ1n) is 13.3. The molecule has 2 aliphatic rings. The van der Waals surface area contributed by atoms with E-state index in [1.54, 1.807) is 39.4 Å². The van der Waals surface area contributed by atoms with Gasteiger partial charge in [-0.25, -0.2) is 4.79 Å². The van der Waals surface area contributed by atoms with Gasteiger partial charge in [-0.15, -0.1) is 0 Å². The number of allylic oxidation sites excluding steroid dienone is 5. The highest BCUT2D eigenvalue weighted by Crippen LogP contribution is 2.29. The number of carbonyl (C=O) groups excluding carboxylic acids is 3. The Morgan fingerprint density at radius 1 is 1.00 bits per heavy atom. The lowest BCUT2D eigenvalue weighted by Gasteiger charge is -2.34. The Balaban J connectivity index is 2.62. The van der Waals surface area contributed by atoms with E-state index in [1.165, 1.54) is 13.2 Å². The fraction of sp³-hybridized carbons (Fsp3) is 0.533. The molecule has 0 fully saturated rings. The normalized spacial score (nSPS) is 34.4. The van der Waals surface area contributed by atoms with Gasteiger partial charge in [0.2, 0.25) is 5.78 Å². The van der Waals surface area contributed by atoms with Crippen LogP contribution in [0.15, 0.2) is 58.9 Å². The van der Waals surface area contributed by atoms with E-state index in [9.17, 15) is 24.3 Å². The highest BCUT2D eigenvalue weighted by Gasteiger charge is 2.36. The van der Waals surface area contributed by atoms with Gasteiger partial charge < -0.3 is 30.0 Å². The van der Waals surface area contributed by atoms with Crippen LogP contribution in [-0.4, -0.2) is 74.4 Å². The zero-order valence-electron chi connectivity index (χ0n) is 24.5. The Labute approximate surface area is 236 Å². The number of carbonyl (C=O) groups is 4. The monoisotopic (exact) mass is 558 g/mol. The fourth-order valence-electron chi connectivity index (χ4n) is 5.34. The summed E-state index contributed by atoms with van der Waals surface area (Å²) in [6, 6.07) is -0.531. The van der Waals surface area contributed by atoms with Crippen LogP contribution in [0.4, 0.5) is 4.79 Å². The first kappa shape index (κ1) is 32.9. The van der Waals surface area contributed by atoms with Crippen LogP contribution >= 0.6 is 0 Å². The zero-order chi connectivity index (χ0) is 30.1. The number of hydrogen-bond donors (Lipinski definition) is 3. The Bertz CT molecular complexity index is 1130. The molecule has 10 heteroatoms. The summed E-state index contributed by atoms with van der Waals surface area (Å²) >= 11 is 0. The topological polar surface area (TPSA) is 140 Å². The fourth-order valence-corrected chi connectivity index (χ4v) is 5.34. The highest BCUT2D eigenvalue weighted by molar-refractivity contribution is 6.22. The highest BCUT2D eigenvalue weighted by atomic mass is 16.5. The van der Waals surface area contributed by atoms with Crippen molar-refractivity contribution in [1.82, 2.24) is 10.6 Å². The van der Waals surface area contributed by atoms with E-state index in [1.807, 2.05) is 33.8 Å². The van der Waals surface area contributed by atoms with E-state index in [-0.39, 0.29) is 29.0 Å². The van der Waals surface area contributed by atoms with Crippen molar-refractivity contribution in [2.45, 2.75) is 65.4 Å². The minimum atomic E-state index is -1.15. The predicted molar refractivity (Wildman–Crippen MR) is 150 cm³/mol. The minimum absolute atomic E-state index is 0.123. The maximum atomic E-state index is 13.4. The number of ether oxygens (including phenoxy) is 3. The Kier molecular flexibility index (Phi) is 12.2. The quantitative estimate of drug-likeness (QED) is 0.352. The predicted octanol–water partition coefficient (Wildman–Crippen LogP) is 3.51. The van der Waals surface area contributed by atoms with Gasteiger partial charge in [0.05, 0.1) is 30.1 Å². The molecule has 0 unspecified atom stereocenters. The molecule has 40 heavy (non-hydrogen) atoms. The molecule has 0 spiro atoms. The van der Waals surface area contributed by atoms with Crippen molar-refractivity contribution >= 4 is 23.6 Å². The second-order valence-electron chi connectivity index (χ2n) is 10.5. The average molecular weight is 559 g/mol. The molecule has 2 amide bonds. The standard InChI is InChI=1S/C30H42N2O8/c1-16-10-9-11-17(2)29(35)31-23-15-21(33)14-22(26(23)34)27(39-7)20(5)13-24(38-6)28(40-8)19(4)12-18(3)25(16)32-30(36)37/h9-12,14-16,19-20,24-25,27-28,32H,13H2,1-8H3,(H,31,35)(H,36,37)/b10-9-,17-11+,18-12+/t16-,19+,20+,24+,25-,27-,28-/m1/s1. The molecule has 3 N–H and O–H groups in total. The number of fused-ring (bicyclic) bond motifs is 2. The largest absolute Gasteiger partial charge is 0.465 e. The first-order chi connectivity index (χ1) is 18.8. The van der Waals surface area contributed by atoms with E-state index < -0.39 is 47.9 Å². The van der Waals surface area contributed by atoms with E-state index in [4.69, 9.17) is 14.2 Å². The number of hydrogen-bond acceptors (Lipinski definition) is 7. The van der Waals surface area contributed by atoms with Crippen molar-refractivity contribution in [2.75, 3.05) is 21.3 Å². The molecular formula is C30H42N2O8. The second-order valence-corrected chi connectivity index (χ2v) is 10.5. The number of amides is 2. The van der Waals surface area contributed by atoms with Crippen molar-refractivity contribution in [3.05, 3.63) is 58.9 Å². The van der Waals surface area contributed by atoms with Crippen LogP contribution in [0.1, 0.15) is 41.0 Å². The molecule has 0 aromatic heterocycles. The van der Waals surface area contributed by atoms with Crippen LogP contribution < -0.4 is 10.6 Å². The molecule has 2 rings (SSSR count). The van der Waals surface area contributed by atoms with Crippen molar-refractivity contribution in [2.24, 2.45) is 17.8 Å². The van der Waals surface area contributed by atoms with Gasteiger partial charge in [-0.3, -0.25) is 14.4 Å². The smallest absolute Gasteiger partial charge is 0.405 e. The molecule has 2 bridgehead atoms. The van der Waals surface area contributed by atoms with Crippen molar-refractivity contribution < 1.29 is 38.5 Å². The summed E-state index contributed by atoms with van der Waals surface area (Å²) < 4.78 is 17.4. The lowest BCUT2D eigenvalue weighted by Crippen LogP contribution is -2.41. The molecule has 0 aromatic carbocycles. The molecule has 0 saturated carbocycles. The summed E-state index contributed by atoms with van der Waals surface area (Å²) in [7, 11) is 4.63. The summed E-state index contributed by atoms with van der Waals surface area (Å²) in [6.07, 6.45) is 7.04. The first-order valence-corrected chi connectivity index (χ1v) is 13.3. The van der Waals surface area contributed by atoms with Gasteiger partial charge in [-0.05, 0) is 38.2 Å². The van der Waals surface area contributed by atoms with Crippen LogP contribution in [0.2, 0.25) is 0 Å². The van der Waals surface area contributed by atoms with Gasteiger partial charge in [0, 0.05) is 44.5 Å². The summed E-state index contributed by atoms with van der Waals surface area (Å²) in [4.78, 5) is 50.4. The molecule has 10 nitrogen and oxygen atoms in total. The van der Waals surface area contributed by atoms with Crippen LogP contribution in [0.5, 0.6) is 0 Å². The molecular weight excluding hydrogens is 516 g/mol. The number of nitrogens with one attached hydrogen (secondary N) is 2. The molecule has 7 atom stereocenters. The van der Waals surface area contributed by atoms with Crippen molar-refractivity contribution in [3.8, 4) is 0 Å². The molecule has 0 radical (unpaired) electrons. The van der Waals surface area contributed by atoms with Gasteiger partial charge in [-0.1, -0.05) is 50.6 Å². The average Bonchev–Trinajstić information content (AvgIpc) is 2.88. The number of ketones is 2. The van der Waals surface area contributed by atoms with Crippen molar-refractivity contribution in [1.29, 1.82) is 0 Å². The number of Topliss-reactive ketones (excluding diaryl/α,β-unsaturated/α-hetero) is 1. The van der Waals surface area contributed by atoms with Gasteiger partial charge in [0.15, 0.2) is 5.78 Å². The zero-order valence-corrected chi connectivity index (χ0v) is 24.5. The lowest BCUT2D eigenvalue weighted by atomic mass is 9.83. The number of rotatable bonds is 4. The van der Waals surface area contributed by atoms with Crippen LogP contribution in [0.3, 0.4) is 0 Å². The minimum Gasteiger partial charge on any atom is -0.465 e. The van der Waals surface area contributed by atoms with Crippen molar-refractivity contribution in [3.63, 3.8) is 0 Å². The summed E-state index contributed by atoms with van der Waals surface area (Å²) in [5.74, 6) is -2.17. The molecule has 1 aliphatic heterocycles. The van der Waals surface area contributed by atoms with Crippen LogP contribution in [-0.2, 0) is 28.6 Å². The molecule has 1 aliphatic carbocycles. The number of methoxy groups -OCH3 is 3. The van der Waals surface area contributed by atoms with Crippen LogP contribution in [0, 0.1) is 17.8 Å². The summed E-state index contributed by atoms with van der Waals surface area (Å²) in [5, 5.41) is 14.6. The maximum absolute atomic E-state index is 13.4. The molecule has 1 heterocycles. The third kappa shape index (κ3) is 8.33. The van der Waals surface area contributed by atoms with Gasteiger partial charge in [-0.2, -0.15) is 0 Å². The molecule has 0 aromatic rings. The second kappa shape index (κ2) is 14.9. The third-order valence-electron chi connectivity index (χ3n) is 7.42. The van der Waals surface area contributed by atoms with Crippen LogP contribution in [0.25, 0.3) is 0 Å². The maximum Gasteiger partial charge on any atom is 0.405 e. The Morgan fingerprint density at radius 3 is 2.25 bits per heavy atom. The molecule has 0 saturated heterocycles. The Hall–Kier alpha value is -3.34. The Morgan fingerprint density at radius 2 is 1.68 bits per heavy atom.